The molecule has 3 heterocycles. The molecule has 1 atom stereocenters. The molecule has 1 unspecified atom stereocenters. The highest BCUT2D eigenvalue weighted by molar-refractivity contribution is 9.11. The summed E-state index contributed by atoms with van der Waals surface area (Å²) in [4.78, 5) is 5.85. The van der Waals surface area contributed by atoms with E-state index in [4.69, 9.17) is 0 Å². The Bertz CT molecular complexity index is 1030. The lowest BCUT2D eigenvalue weighted by Gasteiger charge is -2.31. The number of hydrogen-bond acceptors (Lipinski definition) is 5. The minimum atomic E-state index is -4.62. The lowest BCUT2D eigenvalue weighted by Crippen LogP contribution is -2.47. The van der Waals surface area contributed by atoms with Crippen LogP contribution in [0.15, 0.2) is 35.1 Å². The molecule has 1 aliphatic heterocycles. The van der Waals surface area contributed by atoms with Crippen molar-refractivity contribution in [3.8, 4) is 0 Å². The highest BCUT2D eigenvalue weighted by Crippen LogP contribution is 2.36. The third-order valence-corrected chi connectivity index (χ3v) is 5.94. The van der Waals surface area contributed by atoms with Crippen molar-refractivity contribution >= 4 is 36.8 Å². The fraction of sp³-hybridized carbons (Fsp3) is 0.286. The molecule has 0 saturated carbocycles. The topological polar surface area (TPSA) is 76.9 Å². The van der Waals surface area contributed by atoms with Gasteiger partial charge in [-0.25, -0.2) is 18.4 Å². The largest absolute Gasteiger partial charge is 0.433 e. The average molecular weight is 437 g/mol. The molecule has 0 radical (unpaired) electrons. The normalized spacial score (nSPS) is 21.3. The van der Waals surface area contributed by atoms with Crippen LogP contribution >= 0.6 is 15.9 Å². The second kappa shape index (κ2) is 5.56. The first-order chi connectivity index (χ1) is 11.5. The number of aromatic nitrogens is 3. The van der Waals surface area contributed by atoms with Gasteiger partial charge >= 0.3 is 6.18 Å². The van der Waals surface area contributed by atoms with Crippen LogP contribution in [-0.2, 0) is 27.9 Å². The SMILES string of the molecule is Cn1c(C2(S(C)(=O)=O)C=C(Br)C=CN2)nc2cc(C(F)(F)F)ncc21. The maximum Gasteiger partial charge on any atom is 0.433 e. The Kier molecular flexibility index (Phi) is 3.99. The van der Waals surface area contributed by atoms with Crippen molar-refractivity contribution in [3.63, 3.8) is 0 Å². The highest BCUT2D eigenvalue weighted by atomic mass is 79.9. The van der Waals surface area contributed by atoms with Gasteiger partial charge in [0.25, 0.3) is 0 Å². The van der Waals surface area contributed by atoms with Crippen molar-refractivity contribution in [1.82, 2.24) is 19.9 Å². The van der Waals surface area contributed by atoms with Crippen LogP contribution in [0, 0.1) is 0 Å². The number of sulfone groups is 1. The van der Waals surface area contributed by atoms with E-state index in [2.05, 4.69) is 31.2 Å². The number of nitrogens with zero attached hydrogens (tertiary/aromatic N) is 3. The number of dihydropyridines is 1. The van der Waals surface area contributed by atoms with Crippen molar-refractivity contribution in [3.05, 3.63) is 46.6 Å². The average Bonchev–Trinajstić information content (AvgIpc) is 2.82. The number of rotatable bonds is 2. The summed E-state index contributed by atoms with van der Waals surface area (Å²) in [6, 6.07) is 0.798. The Morgan fingerprint density at radius 3 is 2.60 bits per heavy atom. The smallest absolute Gasteiger partial charge is 0.363 e. The van der Waals surface area contributed by atoms with Crippen LogP contribution in [0.1, 0.15) is 11.5 Å². The zero-order valence-electron chi connectivity index (χ0n) is 13.0. The lowest BCUT2D eigenvalue weighted by atomic mass is 10.2. The summed E-state index contributed by atoms with van der Waals surface area (Å²) in [5.41, 5.74) is -0.804. The zero-order valence-corrected chi connectivity index (χ0v) is 15.4. The molecule has 0 aromatic carbocycles. The molecule has 3 rings (SSSR count). The molecule has 0 aliphatic carbocycles. The summed E-state index contributed by atoms with van der Waals surface area (Å²) in [5, 5.41) is 2.77. The van der Waals surface area contributed by atoms with Crippen molar-refractivity contribution in [1.29, 1.82) is 0 Å². The van der Waals surface area contributed by atoms with E-state index >= 15 is 0 Å². The Morgan fingerprint density at radius 2 is 2.04 bits per heavy atom. The number of hydrogen-bond donors (Lipinski definition) is 1. The second-order valence-corrected chi connectivity index (χ2v) is 8.67. The molecule has 2 aromatic heterocycles. The Balaban J connectivity index is 2.30. The number of alkyl halides is 3. The van der Waals surface area contributed by atoms with Gasteiger partial charge in [0.05, 0.1) is 17.2 Å². The molecular weight excluding hydrogens is 425 g/mol. The quantitative estimate of drug-likeness (QED) is 0.782. The first-order valence-corrected chi connectivity index (χ1v) is 9.56. The van der Waals surface area contributed by atoms with E-state index in [0.717, 1.165) is 18.5 Å². The predicted octanol–water partition coefficient (Wildman–Crippen LogP) is 2.58. The van der Waals surface area contributed by atoms with Crippen LogP contribution in [-0.4, -0.2) is 29.2 Å². The van der Waals surface area contributed by atoms with Gasteiger partial charge in [-0.1, -0.05) is 15.9 Å². The standard InChI is InChI=1S/C14H12BrF3N4O2S/c1-22-10-7-19-11(14(16,17)18)5-9(10)21-12(22)13(25(2,23)24)6-8(15)3-4-20-13/h3-7,20H,1-2H3. The first-order valence-electron chi connectivity index (χ1n) is 6.88. The Morgan fingerprint density at radius 1 is 1.36 bits per heavy atom. The lowest BCUT2D eigenvalue weighted by molar-refractivity contribution is -0.141. The summed E-state index contributed by atoms with van der Waals surface area (Å²) in [6.07, 6.45) is 1.88. The third kappa shape index (κ3) is 2.84. The Labute approximate surface area is 149 Å². The fourth-order valence-electron chi connectivity index (χ4n) is 2.61. The van der Waals surface area contributed by atoms with E-state index < -0.39 is 26.6 Å². The molecule has 0 spiro atoms. The molecule has 2 aromatic rings. The number of allylic oxidation sites excluding steroid dienone is 2. The molecule has 1 N–H and O–H groups in total. The molecule has 6 nitrogen and oxygen atoms in total. The van der Waals surface area contributed by atoms with Crippen molar-refractivity contribution in [2.24, 2.45) is 7.05 Å². The van der Waals surface area contributed by atoms with Crippen LogP contribution in [0.5, 0.6) is 0 Å². The monoisotopic (exact) mass is 436 g/mol. The van der Waals surface area contributed by atoms with E-state index in [1.54, 1.807) is 6.08 Å². The zero-order chi connectivity index (χ0) is 18.6. The van der Waals surface area contributed by atoms with Crippen LogP contribution in [0.3, 0.4) is 0 Å². The molecule has 0 saturated heterocycles. The summed E-state index contributed by atoms with van der Waals surface area (Å²) < 4.78 is 65.5. The van der Waals surface area contributed by atoms with Crippen LogP contribution < -0.4 is 5.32 Å². The van der Waals surface area contributed by atoms with Gasteiger partial charge in [-0.3, -0.25) is 0 Å². The molecule has 25 heavy (non-hydrogen) atoms. The van der Waals surface area contributed by atoms with E-state index in [9.17, 15) is 21.6 Å². The van der Waals surface area contributed by atoms with Crippen LogP contribution in [0.4, 0.5) is 13.2 Å². The Hall–Kier alpha value is -1.88. The van der Waals surface area contributed by atoms with Crippen LogP contribution in [0.2, 0.25) is 0 Å². The number of pyridine rings is 1. The summed E-state index contributed by atoms with van der Waals surface area (Å²) in [5.74, 6) is 0.0347. The molecule has 0 fully saturated rings. The van der Waals surface area contributed by atoms with E-state index in [1.807, 2.05) is 0 Å². The maximum absolute atomic E-state index is 12.9. The fourth-order valence-corrected chi connectivity index (χ4v) is 4.38. The van der Waals surface area contributed by atoms with Gasteiger partial charge in [0, 0.05) is 17.8 Å². The second-order valence-electron chi connectivity index (χ2n) is 5.57. The molecule has 1 aliphatic rings. The summed E-state index contributed by atoms with van der Waals surface area (Å²) >= 11 is 3.23. The van der Waals surface area contributed by atoms with Crippen molar-refractivity contribution in [2.45, 2.75) is 11.0 Å². The van der Waals surface area contributed by atoms with Gasteiger partial charge < -0.3 is 9.88 Å². The van der Waals surface area contributed by atoms with Gasteiger partial charge in [-0.15, -0.1) is 0 Å². The number of imidazole rings is 1. The maximum atomic E-state index is 12.9. The molecule has 0 amide bonds. The highest BCUT2D eigenvalue weighted by Gasteiger charge is 2.45. The van der Waals surface area contributed by atoms with Crippen LogP contribution in [0.25, 0.3) is 11.0 Å². The van der Waals surface area contributed by atoms with Gasteiger partial charge in [-0.2, -0.15) is 13.2 Å². The van der Waals surface area contributed by atoms with Gasteiger partial charge in [0.2, 0.25) is 4.87 Å². The van der Waals surface area contributed by atoms with Gasteiger partial charge in [-0.05, 0) is 24.4 Å². The summed E-state index contributed by atoms with van der Waals surface area (Å²) in [6.45, 7) is 0. The minimum absolute atomic E-state index is 0.00345. The van der Waals surface area contributed by atoms with E-state index in [1.165, 1.54) is 23.9 Å². The molecular formula is C14H12BrF3N4O2S. The molecule has 11 heteroatoms. The van der Waals surface area contributed by atoms with Crippen molar-refractivity contribution < 1.29 is 21.6 Å². The van der Waals surface area contributed by atoms with E-state index in [-0.39, 0.29) is 16.9 Å². The van der Waals surface area contributed by atoms with Crippen molar-refractivity contribution in [2.75, 3.05) is 6.26 Å². The number of fused-ring (bicyclic) bond motifs is 1. The minimum Gasteiger partial charge on any atom is -0.363 e. The summed E-state index contributed by atoms with van der Waals surface area (Å²) in [7, 11) is -2.25. The number of aryl methyl sites for hydroxylation is 1. The van der Waals surface area contributed by atoms with E-state index in [0.29, 0.717) is 4.48 Å². The molecule has 0 bridgehead atoms. The van der Waals surface area contributed by atoms with Gasteiger partial charge in [0.1, 0.15) is 5.69 Å². The first kappa shape index (κ1) is 17.9. The number of nitrogens with one attached hydrogen (secondary N) is 1. The predicted molar refractivity (Wildman–Crippen MR) is 89.3 cm³/mol. The number of halogens is 4. The third-order valence-electron chi connectivity index (χ3n) is 3.86. The molecule has 134 valence electrons. The van der Waals surface area contributed by atoms with Gasteiger partial charge in [0.15, 0.2) is 15.7 Å².